The van der Waals surface area contributed by atoms with Crippen LogP contribution in [0.5, 0.6) is 0 Å². The molecule has 2 unspecified atom stereocenters. The van der Waals surface area contributed by atoms with Crippen LogP contribution < -0.4 is 5.73 Å². The van der Waals surface area contributed by atoms with Gasteiger partial charge in [-0.2, -0.15) is 5.10 Å². The van der Waals surface area contributed by atoms with Gasteiger partial charge in [-0.3, -0.25) is 9.48 Å². The van der Waals surface area contributed by atoms with E-state index in [2.05, 4.69) is 5.10 Å². The fraction of sp³-hybridized carbons (Fsp3) is 0.667. The normalized spacial score (nSPS) is 32.9. The first-order valence-electron chi connectivity index (χ1n) is 6.08. The van der Waals surface area contributed by atoms with Crippen molar-refractivity contribution in [2.45, 2.75) is 38.1 Å². The Bertz CT molecular complexity index is 400. The van der Waals surface area contributed by atoms with Crippen molar-refractivity contribution in [3.63, 3.8) is 0 Å². The largest absolute Gasteiger partial charge is 0.366 e. The Kier molecular flexibility index (Phi) is 2.23. The lowest BCUT2D eigenvalue weighted by Gasteiger charge is -2.11. The Morgan fingerprint density at radius 3 is 2.62 bits per heavy atom. The van der Waals surface area contributed by atoms with Gasteiger partial charge in [0.15, 0.2) is 0 Å². The van der Waals surface area contributed by atoms with Crippen LogP contribution in [0.15, 0.2) is 12.4 Å². The van der Waals surface area contributed by atoms with Gasteiger partial charge in [-0.05, 0) is 24.7 Å². The third-order valence-corrected chi connectivity index (χ3v) is 4.23. The molecule has 2 N–H and O–H groups in total. The van der Waals surface area contributed by atoms with Gasteiger partial charge in [0.1, 0.15) is 0 Å². The van der Waals surface area contributed by atoms with Crippen molar-refractivity contribution in [2.24, 2.45) is 17.6 Å². The van der Waals surface area contributed by atoms with E-state index in [-0.39, 0.29) is 5.91 Å². The highest BCUT2D eigenvalue weighted by molar-refractivity contribution is 5.92. The van der Waals surface area contributed by atoms with Crippen molar-refractivity contribution in [3.8, 4) is 0 Å². The summed E-state index contributed by atoms with van der Waals surface area (Å²) in [5.41, 5.74) is 5.75. The average Bonchev–Trinajstić information content (AvgIpc) is 2.91. The maximum Gasteiger partial charge on any atom is 0.251 e. The van der Waals surface area contributed by atoms with Gasteiger partial charge >= 0.3 is 0 Å². The molecule has 2 aliphatic carbocycles. The predicted molar refractivity (Wildman–Crippen MR) is 59.8 cm³/mol. The van der Waals surface area contributed by atoms with Gasteiger partial charge in [0, 0.05) is 6.20 Å². The number of carbonyl (C=O) groups excluding carboxylic acids is 1. The molecule has 1 heterocycles. The van der Waals surface area contributed by atoms with Crippen molar-refractivity contribution in [2.75, 3.05) is 0 Å². The highest BCUT2D eigenvalue weighted by atomic mass is 16.1. The van der Waals surface area contributed by atoms with Crippen molar-refractivity contribution in [3.05, 3.63) is 18.0 Å². The van der Waals surface area contributed by atoms with Gasteiger partial charge < -0.3 is 5.73 Å². The van der Waals surface area contributed by atoms with Crippen LogP contribution >= 0.6 is 0 Å². The number of hydrogen-bond acceptors (Lipinski definition) is 2. The van der Waals surface area contributed by atoms with E-state index < -0.39 is 0 Å². The second-order valence-electron chi connectivity index (χ2n) is 5.15. The second kappa shape index (κ2) is 3.61. The molecule has 0 aliphatic heterocycles. The first-order chi connectivity index (χ1) is 7.74. The Morgan fingerprint density at radius 1 is 1.38 bits per heavy atom. The van der Waals surface area contributed by atoms with E-state index in [9.17, 15) is 4.79 Å². The van der Waals surface area contributed by atoms with Crippen LogP contribution in [0, 0.1) is 11.8 Å². The molecule has 0 spiro atoms. The quantitative estimate of drug-likeness (QED) is 0.823. The van der Waals surface area contributed by atoms with Gasteiger partial charge in [0.2, 0.25) is 0 Å². The summed E-state index contributed by atoms with van der Waals surface area (Å²) in [6, 6.07) is 0.489. The van der Waals surface area contributed by atoms with Crippen LogP contribution in [-0.2, 0) is 0 Å². The van der Waals surface area contributed by atoms with E-state index in [0.29, 0.717) is 11.6 Å². The molecule has 2 fully saturated rings. The van der Waals surface area contributed by atoms with Crippen molar-refractivity contribution < 1.29 is 4.79 Å². The van der Waals surface area contributed by atoms with E-state index in [1.807, 2.05) is 4.68 Å². The van der Waals surface area contributed by atoms with E-state index in [0.717, 1.165) is 11.8 Å². The lowest BCUT2D eigenvalue weighted by atomic mass is 10.0. The molecule has 2 saturated carbocycles. The van der Waals surface area contributed by atoms with Crippen LogP contribution in [-0.4, -0.2) is 15.7 Å². The lowest BCUT2D eigenvalue weighted by Crippen LogP contribution is -2.10. The molecule has 4 nitrogen and oxygen atoms in total. The third-order valence-electron chi connectivity index (χ3n) is 4.23. The molecule has 0 aromatic carbocycles. The second-order valence-corrected chi connectivity index (χ2v) is 5.15. The predicted octanol–water partition coefficient (Wildman–Crippen LogP) is 1.73. The zero-order valence-electron chi connectivity index (χ0n) is 9.30. The topological polar surface area (TPSA) is 60.9 Å². The number of primary amides is 1. The first-order valence-corrected chi connectivity index (χ1v) is 6.08. The number of carbonyl (C=O) groups is 1. The zero-order valence-corrected chi connectivity index (χ0v) is 9.30. The molecule has 0 radical (unpaired) electrons. The summed E-state index contributed by atoms with van der Waals surface area (Å²) in [4.78, 5) is 11.0. The molecule has 4 heteroatoms. The maximum absolute atomic E-state index is 11.0. The molecule has 2 atom stereocenters. The van der Waals surface area contributed by atoms with E-state index in [1.54, 1.807) is 12.4 Å². The molecule has 0 saturated heterocycles. The van der Waals surface area contributed by atoms with Crippen molar-refractivity contribution >= 4 is 5.91 Å². The third kappa shape index (κ3) is 1.52. The molecule has 1 aromatic heterocycles. The standard InChI is InChI=1S/C12H17N3O/c13-12(16)10-6-14-15(7-10)11-4-8-2-1-3-9(8)5-11/h6-9,11H,1-5H2,(H2,13,16). The fourth-order valence-electron chi connectivity index (χ4n) is 3.41. The van der Waals surface area contributed by atoms with Gasteiger partial charge in [-0.25, -0.2) is 0 Å². The molecule has 86 valence electrons. The summed E-state index contributed by atoms with van der Waals surface area (Å²) in [5.74, 6) is 1.40. The summed E-state index contributed by atoms with van der Waals surface area (Å²) in [5, 5.41) is 4.26. The zero-order chi connectivity index (χ0) is 11.1. The molecule has 1 amide bonds. The molecule has 2 aliphatic rings. The van der Waals surface area contributed by atoms with Gasteiger partial charge in [-0.15, -0.1) is 0 Å². The molecule has 1 aromatic rings. The molecule has 16 heavy (non-hydrogen) atoms. The number of aromatic nitrogens is 2. The van der Waals surface area contributed by atoms with Crippen LogP contribution in [0.1, 0.15) is 48.5 Å². The minimum absolute atomic E-state index is 0.385. The Hall–Kier alpha value is -1.32. The maximum atomic E-state index is 11.0. The number of fused-ring (bicyclic) bond motifs is 1. The van der Waals surface area contributed by atoms with Crippen LogP contribution in [0.3, 0.4) is 0 Å². The van der Waals surface area contributed by atoms with Gasteiger partial charge in [0.25, 0.3) is 5.91 Å². The fourth-order valence-corrected chi connectivity index (χ4v) is 3.41. The average molecular weight is 219 g/mol. The number of rotatable bonds is 2. The van der Waals surface area contributed by atoms with Crippen LogP contribution in [0.25, 0.3) is 0 Å². The van der Waals surface area contributed by atoms with Crippen LogP contribution in [0.2, 0.25) is 0 Å². The summed E-state index contributed by atoms with van der Waals surface area (Å²) in [7, 11) is 0. The Labute approximate surface area is 94.8 Å². The van der Waals surface area contributed by atoms with E-state index in [1.165, 1.54) is 32.1 Å². The van der Waals surface area contributed by atoms with Gasteiger partial charge in [0.05, 0.1) is 17.8 Å². The summed E-state index contributed by atoms with van der Waals surface area (Å²) < 4.78 is 1.94. The highest BCUT2D eigenvalue weighted by Gasteiger charge is 2.38. The number of amides is 1. The highest BCUT2D eigenvalue weighted by Crippen LogP contribution is 2.48. The molecular formula is C12H17N3O. The molecule has 3 rings (SSSR count). The lowest BCUT2D eigenvalue weighted by molar-refractivity contribution is 0.1000. The van der Waals surface area contributed by atoms with Gasteiger partial charge in [-0.1, -0.05) is 19.3 Å². The van der Waals surface area contributed by atoms with Crippen molar-refractivity contribution in [1.29, 1.82) is 0 Å². The monoisotopic (exact) mass is 219 g/mol. The minimum Gasteiger partial charge on any atom is -0.366 e. The van der Waals surface area contributed by atoms with E-state index in [4.69, 9.17) is 5.73 Å². The molecular weight excluding hydrogens is 202 g/mol. The first kappa shape index (κ1) is 9.87. The molecule has 0 bridgehead atoms. The summed E-state index contributed by atoms with van der Waals surface area (Å²) in [6.45, 7) is 0. The van der Waals surface area contributed by atoms with Crippen molar-refractivity contribution in [1.82, 2.24) is 9.78 Å². The number of hydrogen-bond donors (Lipinski definition) is 1. The number of nitrogens with two attached hydrogens (primary N) is 1. The summed E-state index contributed by atoms with van der Waals surface area (Å²) >= 11 is 0. The van der Waals surface area contributed by atoms with Crippen LogP contribution in [0.4, 0.5) is 0 Å². The number of nitrogens with zero attached hydrogens (tertiary/aromatic N) is 2. The minimum atomic E-state index is -0.385. The van der Waals surface area contributed by atoms with E-state index >= 15 is 0 Å². The summed E-state index contributed by atoms with van der Waals surface area (Å²) in [6.07, 6.45) is 9.99. The smallest absolute Gasteiger partial charge is 0.251 e. The Balaban J connectivity index is 1.76. The SMILES string of the molecule is NC(=O)c1cnn(C2CC3CCCC3C2)c1. The Morgan fingerprint density at radius 2 is 2.06 bits per heavy atom.